The van der Waals surface area contributed by atoms with Gasteiger partial charge in [-0.25, -0.2) is 0 Å². The van der Waals surface area contributed by atoms with E-state index >= 15 is 0 Å². The van der Waals surface area contributed by atoms with Gasteiger partial charge in [0.2, 0.25) is 11.6 Å². The van der Waals surface area contributed by atoms with E-state index in [0.29, 0.717) is 22.9 Å². The van der Waals surface area contributed by atoms with E-state index in [9.17, 15) is 10.2 Å². The van der Waals surface area contributed by atoms with Gasteiger partial charge in [0.05, 0.1) is 23.1 Å². The van der Waals surface area contributed by atoms with E-state index in [1.54, 1.807) is 18.2 Å². The third kappa shape index (κ3) is 5.47. The molecule has 5 aromatic carbocycles. The average molecular weight is 772 g/mol. The summed E-state index contributed by atoms with van der Waals surface area (Å²) in [6.45, 7) is 6.64. The van der Waals surface area contributed by atoms with Crippen molar-refractivity contribution >= 4 is 11.0 Å². The minimum absolute atomic E-state index is 0. The van der Waals surface area contributed by atoms with Crippen molar-refractivity contribution in [3.8, 4) is 51.2 Å². The molecule has 7 aromatic rings. The Bertz CT molecular complexity index is 2140. The Morgan fingerprint density at radius 3 is 2.09 bits per heavy atom. The first-order chi connectivity index (χ1) is 21.3. The maximum atomic E-state index is 11.0. The fourth-order valence-electron chi connectivity index (χ4n) is 5.64. The summed E-state index contributed by atoms with van der Waals surface area (Å²) >= 11 is 0. The summed E-state index contributed by atoms with van der Waals surface area (Å²) in [6.07, 6.45) is 5.42. The van der Waals surface area contributed by atoms with Crippen molar-refractivity contribution in [2.45, 2.75) is 26.2 Å². The Morgan fingerprint density at radius 2 is 1.36 bits per heavy atom. The molecule has 45 heavy (non-hydrogen) atoms. The number of hydrogen-bond acceptors (Lipinski definition) is 3. The number of imidazole rings is 2. The van der Waals surface area contributed by atoms with Gasteiger partial charge in [-0.3, -0.25) is 9.13 Å². The van der Waals surface area contributed by atoms with Crippen molar-refractivity contribution in [3.05, 3.63) is 139 Å². The third-order valence-electron chi connectivity index (χ3n) is 7.96. The molecule has 7 rings (SSSR count). The van der Waals surface area contributed by atoms with Gasteiger partial charge in [0.15, 0.2) is 6.33 Å². The van der Waals surface area contributed by atoms with E-state index in [-0.39, 0.29) is 38.0 Å². The molecule has 226 valence electrons. The molecule has 2 N–H and O–H groups in total. The molecule has 0 unspecified atom stereocenters. The monoisotopic (exact) mass is 771 g/mol. The van der Waals surface area contributed by atoms with E-state index in [2.05, 4.69) is 57.4 Å². The Kier molecular flexibility index (Phi) is 7.94. The predicted molar refractivity (Wildman–Crippen MR) is 174 cm³/mol. The maximum Gasteiger partial charge on any atom is 0.222 e. The summed E-state index contributed by atoms with van der Waals surface area (Å²) < 4.78 is 5.79. The molecular formula is C38H32N4O2Pt. The number of aromatic nitrogens is 4. The van der Waals surface area contributed by atoms with Gasteiger partial charge in [-0.1, -0.05) is 112 Å². The Morgan fingerprint density at radius 1 is 0.689 bits per heavy atom. The molecule has 0 radical (unpaired) electrons. The van der Waals surface area contributed by atoms with Crippen LogP contribution in [0.5, 0.6) is 11.5 Å². The molecular weight excluding hydrogens is 740 g/mol. The topological polar surface area (TPSA) is 67.1 Å². The number of hydrogen-bond donors (Lipinski definition) is 2. The van der Waals surface area contributed by atoms with Crippen molar-refractivity contribution in [1.82, 2.24) is 14.1 Å². The van der Waals surface area contributed by atoms with Crippen LogP contribution in [0.1, 0.15) is 26.3 Å². The summed E-state index contributed by atoms with van der Waals surface area (Å²) in [5.41, 5.74) is 7.23. The molecule has 0 spiro atoms. The molecule has 6 nitrogen and oxygen atoms in total. The molecule has 0 saturated heterocycles. The molecule has 0 saturated carbocycles. The normalized spacial score (nSPS) is 11.4. The van der Waals surface area contributed by atoms with Gasteiger partial charge < -0.3 is 14.8 Å². The third-order valence-corrected chi connectivity index (χ3v) is 7.96. The van der Waals surface area contributed by atoms with Crippen molar-refractivity contribution < 1.29 is 35.8 Å². The van der Waals surface area contributed by atoms with Gasteiger partial charge in [0.25, 0.3) is 0 Å². The number of rotatable bonds is 5. The summed E-state index contributed by atoms with van der Waals surface area (Å²) in [4.78, 5) is 5.13. The molecule has 0 fully saturated rings. The summed E-state index contributed by atoms with van der Waals surface area (Å²) in [5.74, 6) is 1.51. The van der Waals surface area contributed by atoms with Crippen LogP contribution in [-0.2, 0) is 26.5 Å². The van der Waals surface area contributed by atoms with E-state index in [0.717, 1.165) is 27.8 Å². The van der Waals surface area contributed by atoms with Crippen molar-refractivity contribution in [2.24, 2.45) is 0 Å². The maximum absolute atomic E-state index is 11.0. The zero-order chi connectivity index (χ0) is 30.4. The molecule has 0 atom stereocenters. The summed E-state index contributed by atoms with van der Waals surface area (Å²) in [5, 5.41) is 21.7. The minimum atomic E-state index is -0.0433. The van der Waals surface area contributed by atoms with Crippen LogP contribution >= 0.6 is 0 Å². The molecule has 0 aliphatic heterocycles. The Labute approximate surface area is 276 Å². The van der Waals surface area contributed by atoms with Crippen molar-refractivity contribution in [2.75, 3.05) is 0 Å². The van der Waals surface area contributed by atoms with Gasteiger partial charge in [0, 0.05) is 37.7 Å². The number of nitrogens with zero attached hydrogens (tertiary/aromatic N) is 4. The average Bonchev–Trinajstić information content (AvgIpc) is 3.64. The second kappa shape index (κ2) is 11.9. The van der Waals surface area contributed by atoms with Crippen LogP contribution in [0.15, 0.2) is 128 Å². The number of phenolic OH excluding ortho intramolecular Hbond substituents is 2. The Balaban J connectivity index is 0.00000357. The molecule has 0 bridgehead atoms. The van der Waals surface area contributed by atoms with Crippen LogP contribution in [0, 0.1) is 6.33 Å². The van der Waals surface area contributed by atoms with Crippen LogP contribution in [0.3, 0.4) is 0 Å². The van der Waals surface area contributed by atoms with E-state index in [1.165, 1.54) is 5.56 Å². The van der Waals surface area contributed by atoms with E-state index in [1.807, 2.05) is 92.7 Å². The zero-order valence-electron chi connectivity index (χ0n) is 25.1. The molecule has 2 aromatic heterocycles. The first-order valence-electron chi connectivity index (χ1n) is 14.6. The number of benzene rings is 5. The molecule has 2 heterocycles. The summed E-state index contributed by atoms with van der Waals surface area (Å²) in [7, 11) is 0. The van der Waals surface area contributed by atoms with Gasteiger partial charge in [-0.15, -0.1) is 4.98 Å². The molecule has 0 aliphatic carbocycles. The van der Waals surface area contributed by atoms with Crippen molar-refractivity contribution in [3.63, 3.8) is 0 Å². The summed E-state index contributed by atoms with van der Waals surface area (Å²) in [6, 6.07) is 39.3. The predicted octanol–water partition coefficient (Wildman–Crippen LogP) is 7.93. The van der Waals surface area contributed by atoms with Gasteiger partial charge in [-0.2, -0.15) is 0 Å². The standard InChI is InChI=1S/C38H32N4O2.Pt/c1-38(2,3)27-21-22-30(29(23-27)26-13-5-4-6-14-26)40-24-36(39-37(40)28-15-7-11-19-34(28)43)42-25-41(31-16-8-9-17-32(31)42)33-18-10-12-20-35(33)44;/h4-24,43-44H,1-3H3;. The van der Waals surface area contributed by atoms with Crippen LogP contribution in [-0.4, -0.2) is 24.3 Å². The number of phenols is 2. The van der Waals surface area contributed by atoms with Gasteiger partial charge in [-0.05, 0) is 46.9 Å². The largest absolute Gasteiger partial charge is 0.512 e. The Hall–Kier alpha value is -4.93. The quantitative estimate of drug-likeness (QED) is 0.138. The molecule has 0 aliphatic rings. The van der Waals surface area contributed by atoms with Crippen LogP contribution in [0.25, 0.3) is 50.7 Å². The molecule has 0 amide bonds. The fourth-order valence-corrected chi connectivity index (χ4v) is 5.64. The van der Waals surface area contributed by atoms with Crippen LogP contribution < -0.4 is 4.57 Å². The smallest absolute Gasteiger partial charge is 0.222 e. The van der Waals surface area contributed by atoms with E-state index in [4.69, 9.17) is 4.98 Å². The second-order valence-electron chi connectivity index (χ2n) is 11.9. The number of fused-ring (bicyclic) bond motifs is 1. The first-order valence-corrected chi connectivity index (χ1v) is 14.6. The van der Waals surface area contributed by atoms with Gasteiger partial charge >= 0.3 is 0 Å². The fraction of sp³-hybridized carbons (Fsp3) is 0.105. The first kappa shape index (κ1) is 30.1. The van der Waals surface area contributed by atoms with Crippen LogP contribution in [0.2, 0.25) is 0 Å². The number of para-hydroxylation sites is 5. The molecule has 7 heteroatoms. The second-order valence-corrected chi connectivity index (χ2v) is 11.9. The van der Waals surface area contributed by atoms with Crippen molar-refractivity contribution in [1.29, 1.82) is 0 Å². The number of aromatic hydroxyl groups is 2. The van der Waals surface area contributed by atoms with Crippen LogP contribution in [0.4, 0.5) is 0 Å². The SMILES string of the molecule is CC(C)(C)c1ccc(-n2cc(-[n+]3[c-]n(-c4ccccc4O)c4ccccc43)nc2-c2ccccc2O)c(-c2ccccc2)c1.[Pt]. The van der Waals surface area contributed by atoms with Gasteiger partial charge in [0.1, 0.15) is 11.5 Å². The zero-order valence-corrected chi connectivity index (χ0v) is 27.4. The minimum Gasteiger partial charge on any atom is -0.512 e. The van der Waals surface area contributed by atoms with E-state index < -0.39 is 0 Å².